The average molecular weight is 452 g/mol. The van der Waals surface area contributed by atoms with Gasteiger partial charge in [0.1, 0.15) is 11.4 Å². The van der Waals surface area contributed by atoms with Crippen molar-refractivity contribution in [2.24, 2.45) is 0 Å². The molecule has 0 aromatic heterocycles. The minimum absolute atomic E-state index is 0.0633. The Morgan fingerprint density at radius 3 is 2.38 bits per heavy atom. The fourth-order valence-electron chi connectivity index (χ4n) is 1.88. The highest BCUT2D eigenvalue weighted by atomic mass is 127. The zero-order chi connectivity index (χ0) is 17.7. The highest BCUT2D eigenvalue weighted by molar-refractivity contribution is 14.1. The first-order valence-corrected chi connectivity index (χ1v) is 8.21. The second-order valence-corrected chi connectivity index (χ2v) is 5.56. The van der Waals surface area contributed by atoms with Gasteiger partial charge in [-0.2, -0.15) is 13.2 Å². The lowest BCUT2D eigenvalue weighted by molar-refractivity contribution is -0.383. The van der Waals surface area contributed by atoms with Crippen LogP contribution in [0.15, 0.2) is 42.5 Å². The summed E-state index contributed by atoms with van der Waals surface area (Å²) in [6.07, 6.45) is -4.41. The van der Waals surface area contributed by atoms with Crippen LogP contribution in [0.1, 0.15) is 5.56 Å². The van der Waals surface area contributed by atoms with E-state index in [1.165, 1.54) is 30.3 Å². The topological polar surface area (TPSA) is 64.4 Å². The number of benzene rings is 2. The maximum atomic E-state index is 12.1. The summed E-state index contributed by atoms with van der Waals surface area (Å²) < 4.78 is 41.6. The van der Waals surface area contributed by atoms with Gasteiger partial charge in [0.2, 0.25) is 0 Å². The van der Waals surface area contributed by atoms with Gasteiger partial charge in [0, 0.05) is 16.2 Å². The van der Waals surface area contributed by atoms with E-state index in [0.717, 1.165) is 5.56 Å². The van der Waals surface area contributed by atoms with E-state index in [1.54, 1.807) is 12.1 Å². The third-order valence-electron chi connectivity index (χ3n) is 2.95. The third kappa shape index (κ3) is 5.25. The van der Waals surface area contributed by atoms with E-state index in [1.807, 2.05) is 0 Å². The Hall–Kier alpha value is -2.04. The molecule has 9 heteroatoms. The molecule has 0 saturated heterocycles. The van der Waals surface area contributed by atoms with Gasteiger partial charge in [-0.15, -0.1) is 0 Å². The molecule has 0 spiro atoms. The summed E-state index contributed by atoms with van der Waals surface area (Å²) >= 11 is 2.14. The smallest absolute Gasteiger partial charge is 0.422 e. The molecular weight excluding hydrogens is 440 g/mol. The lowest BCUT2D eigenvalue weighted by Gasteiger charge is -2.11. The number of nitro benzene ring substituents is 1. The maximum Gasteiger partial charge on any atom is 0.422 e. The summed E-state index contributed by atoms with van der Waals surface area (Å²) in [4.78, 5) is 10.6. The molecule has 24 heavy (non-hydrogen) atoms. The quantitative estimate of drug-likeness (QED) is 0.283. The molecule has 0 saturated carbocycles. The van der Waals surface area contributed by atoms with Gasteiger partial charge in [-0.3, -0.25) is 10.1 Å². The number of ether oxygens (including phenoxy) is 1. The number of halogens is 4. The van der Waals surface area contributed by atoms with Crippen LogP contribution >= 0.6 is 22.6 Å². The minimum Gasteiger partial charge on any atom is -0.484 e. The normalized spacial score (nSPS) is 11.2. The Bertz CT molecular complexity index is 721. The van der Waals surface area contributed by atoms with E-state index >= 15 is 0 Å². The first-order chi connectivity index (χ1) is 11.3. The zero-order valence-corrected chi connectivity index (χ0v) is 14.3. The highest BCUT2D eigenvalue weighted by Crippen LogP contribution is 2.30. The van der Waals surface area contributed by atoms with Crippen LogP contribution in [0.3, 0.4) is 0 Å². The van der Waals surface area contributed by atoms with Crippen LogP contribution in [0.5, 0.6) is 5.75 Å². The second kappa shape index (κ2) is 7.69. The molecule has 1 N–H and O–H groups in total. The van der Waals surface area contributed by atoms with Crippen molar-refractivity contribution in [1.29, 1.82) is 0 Å². The lowest BCUT2D eigenvalue weighted by Crippen LogP contribution is -2.19. The summed E-state index contributed by atoms with van der Waals surface area (Å²) in [5, 5.41) is 14.0. The molecule has 0 fully saturated rings. The largest absolute Gasteiger partial charge is 0.484 e. The fourth-order valence-corrected chi connectivity index (χ4v) is 2.36. The van der Waals surface area contributed by atoms with Gasteiger partial charge in [-0.05, 0) is 35.9 Å². The van der Waals surface area contributed by atoms with Gasteiger partial charge < -0.3 is 10.1 Å². The van der Waals surface area contributed by atoms with Crippen molar-refractivity contribution >= 4 is 39.7 Å². The van der Waals surface area contributed by atoms with Crippen LogP contribution < -0.4 is 10.1 Å². The van der Waals surface area contributed by atoms with Gasteiger partial charge >= 0.3 is 6.18 Å². The molecule has 0 heterocycles. The molecule has 0 aliphatic rings. The molecule has 0 radical (unpaired) electrons. The number of rotatable bonds is 6. The Labute approximate surface area is 149 Å². The molecule has 0 atom stereocenters. The van der Waals surface area contributed by atoms with Crippen molar-refractivity contribution in [1.82, 2.24) is 0 Å². The first kappa shape index (κ1) is 18.3. The van der Waals surface area contributed by atoms with Crippen molar-refractivity contribution in [3.8, 4) is 5.75 Å². The standard InChI is InChI=1S/C15H12F3IN2O3/c16-15(17,18)9-24-12-4-2-11(3-5-12)20-13-7-10(8-19)1-6-14(13)21(22)23/h1-7,20H,8-9H2. The molecule has 128 valence electrons. The highest BCUT2D eigenvalue weighted by Gasteiger charge is 2.28. The van der Waals surface area contributed by atoms with Crippen LogP contribution in [0.2, 0.25) is 0 Å². The fraction of sp³-hybridized carbons (Fsp3) is 0.200. The summed E-state index contributed by atoms with van der Waals surface area (Å²) in [5.74, 6) is 0.0633. The molecule has 0 amide bonds. The molecule has 0 aliphatic carbocycles. The van der Waals surface area contributed by atoms with Crippen molar-refractivity contribution < 1.29 is 22.8 Å². The molecule has 2 rings (SSSR count). The molecule has 0 aliphatic heterocycles. The Morgan fingerprint density at radius 2 is 1.83 bits per heavy atom. The number of alkyl halides is 4. The zero-order valence-electron chi connectivity index (χ0n) is 12.1. The van der Waals surface area contributed by atoms with E-state index in [9.17, 15) is 23.3 Å². The third-order valence-corrected chi connectivity index (χ3v) is 3.83. The Kier molecular flexibility index (Phi) is 5.86. The predicted molar refractivity (Wildman–Crippen MR) is 92.1 cm³/mol. The van der Waals surface area contributed by atoms with Crippen LogP contribution in [-0.4, -0.2) is 17.7 Å². The van der Waals surface area contributed by atoms with Crippen LogP contribution in [0.4, 0.5) is 30.2 Å². The lowest BCUT2D eigenvalue weighted by atomic mass is 10.2. The molecule has 2 aromatic carbocycles. The van der Waals surface area contributed by atoms with Crippen LogP contribution in [0, 0.1) is 10.1 Å². The number of hydrogen-bond acceptors (Lipinski definition) is 4. The number of hydrogen-bond donors (Lipinski definition) is 1. The number of nitrogens with zero attached hydrogens (tertiary/aromatic N) is 1. The van der Waals surface area contributed by atoms with Crippen LogP contribution in [-0.2, 0) is 4.43 Å². The SMILES string of the molecule is O=[N+]([O-])c1ccc(CI)cc1Nc1ccc(OCC(F)(F)F)cc1. The maximum absolute atomic E-state index is 12.1. The average Bonchev–Trinajstić information content (AvgIpc) is 2.53. The minimum atomic E-state index is -4.41. The summed E-state index contributed by atoms with van der Waals surface area (Å²) in [5.41, 5.74) is 1.65. The molecule has 0 unspecified atom stereocenters. The molecule has 0 bridgehead atoms. The monoisotopic (exact) mass is 452 g/mol. The first-order valence-electron chi connectivity index (χ1n) is 6.68. The number of nitro groups is 1. The summed E-state index contributed by atoms with van der Waals surface area (Å²) in [6, 6.07) is 10.5. The summed E-state index contributed by atoms with van der Waals surface area (Å²) in [6.45, 7) is -1.37. The second-order valence-electron chi connectivity index (χ2n) is 4.80. The van der Waals surface area contributed by atoms with E-state index < -0.39 is 17.7 Å². The number of nitrogens with one attached hydrogen (secondary N) is 1. The predicted octanol–water partition coefficient (Wildman–Crippen LogP) is 5.21. The van der Waals surface area contributed by atoms with Gasteiger partial charge in [0.25, 0.3) is 5.69 Å². The molecule has 5 nitrogen and oxygen atoms in total. The van der Waals surface area contributed by atoms with Gasteiger partial charge in [-0.1, -0.05) is 28.7 Å². The number of anilines is 2. The van der Waals surface area contributed by atoms with E-state index in [2.05, 4.69) is 32.6 Å². The summed E-state index contributed by atoms with van der Waals surface area (Å²) in [7, 11) is 0. The van der Waals surface area contributed by atoms with Crippen molar-refractivity contribution in [3.63, 3.8) is 0 Å². The Balaban J connectivity index is 2.15. The van der Waals surface area contributed by atoms with Gasteiger partial charge in [0.05, 0.1) is 4.92 Å². The van der Waals surface area contributed by atoms with E-state index in [0.29, 0.717) is 15.8 Å². The van der Waals surface area contributed by atoms with Crippen molar-refractivity contribution in [2.75, 3.05) is 11.9 Å². The Morgan fingerprint density at radius 1 is 1.17 bits per heavy atom. The van der Waals surface area contributed by atoms with Crippen LogP contribution in [0.25, 0.3) is 0 Å². The van der Waals surface area contributed by atoms with Crippen molar-refractivity contribution in [3.05, 3.63) is 58.1 Å². The van der Waals surface area contributed by atoms with Gasteiger partial charge in [0.15, 0.2) is 6.61 Å². The van der Waals surface area contributed by atoms with Crippen molar-refractivity contribution in [2.45, 2.75) is 10.6 Å². The molecular formula is C15H12F3IN2O3. The molecule has 2 aromatic rings. The van der Waals surface area contributed by atoms with E-state index in [4.69, 9.17) is 0 Å². The van der Waals surface area contributed by atoms with Gasteiger partial charge in [-0.25, -0.2) is 0 Å². The van der Waals surface area contributed by atoms with E-state index in [-0.39, 0.29) is 11.4 Å².